The Hall–Kier alpha value is -4.97. The number of H-pyrrole nitrogens is 1. The molecule has 1 aliphatic rings. The van der Waals surface area contributed by atoms with Gasteiger partial charge in [0.15, 0.2) is 0 Å². The highest BCUT2D eigenvalue weighted by Crippen LogP contribution is 2.29. The van der Waals surface area contributed by atoms with E-state index in [2.05, 4.69) is 36.2 Å². The zero-order valence-corrected chi connectivity index (χ0v) is 25.5. The van der Waals surface area contributed by atoms with Crippen LogP contribution < -0.4 is 16.4 Å². The number of hydrogen-bond donors (Lipinski definition) is 4. The van der Waals surface area contributed by atoms with Crippen LogP contribution in [0.15, 0.2) is 60.7 Å². The third-order valence-corrected chi connectivity index (χ3v) is 8.21. The van der Waals surface area contributed by atoms with Crippen molar-refractivity contribution in [2.75, 3.05) is 18.5 Å². The maximum atomic E-state index is 13.6. The van der Waals surface area contributed by atoms with Crippen LogP contribution in [0, 0.1) is 18.8 Å². The van der Waals surface area contributed by atoms with Gasteiger partial charge in [-0.05, 0) is 98.7 Å². The van der Waals surface area contributed by atoms with Crippen molar-refractivity contribution >= 4 is 23.5 Å². The number of ether oxygens (including phenoxy) is 1. The lowest BCUT2D eigenvalue weighted by Crippen LogP contribution is -2.48. The van der Waals surface area contributed by atoms with Crippen molar-refractivity contribution < 1.29 is 19.1 Å². The summed E-state index contributed by atoms with van der Waals surface area (Å²) in [5.41, 5.74) is 10.8. The van der Waals surface area contributed by atoms with E-state index in [0.29, 0.717) is 36.1 Å². The lowest BCUT2D eigenvalue weighted by Gasteiger charge is -2.28. The summed E-state index contributed by atoms with van der Waals surface area (Å²) in [6, 6.07) is 17.6. The molecule has 2 amide bonds. The monoisotopic (exact) mass is 610 g/mol. The molecule has 1 saturated carbocycles. The zero-order chi connectivity index (χ0) is 31.8. The van der Waals surface area contributed by atoms with E-state index in [1.807, 2.05) is 37.3 Å². The highest BCUT2D eigenvalue weighted by Gasteiger charge is 2.29. The first-order valence-corrected chi connectivity index (χ1v) is 15.2. The first kappa shape index (κ1) is 31.5. The number of rotatable bonds is 11. The summed E-state index contributed by atoms with van der Waals surface area (Å²) in [6.07, 6.45) is 3.65. The van der Waals surface area contributed by atoms with E-state index in [-0.39, 0.29) is 30.0 Å². The Morgan fingerprint density at radius 3 is 2.31 bits per heavy atom. The van der Waals surface area contributed by atoms with E-state index < -0.39 is 12.0 Å². The normalized spacial score (nSPS) is 16.9. The molecule has 1 fully saturated rings. The molecular formula is C33H38N8O4. The number of nitrogens with one attached hydrogen (secondary N) is 3. The van der Waals surface area contributed by atoms with E-state index in [1.54, 1.807) is 37.3 Å². The Labute approximate surface area is 261 Å². The summed E-state index contributed by atoms with van der Waals surface area (Å²) in [5.74, 6) is -0.130. The third-order valence-electron chi connectivity index (χ3n) is 8.21. The van der Waals surface area contributed by atoms with Gasteiger partial charge in [-0.15, -0.1) is 10.2 Å². The number of tetrazole rings is 1. The van der Waals surface area contributed by atoms with Gasteiger partial charge in [0, 0.05) is 34.8 Å². The van der Waals surface area contributed by atoms with Gasteiger partial charge in [-0.1, -0.05) is 30.3 Å². The SMILES string of the molecule is CCOC(=O)c1ccc(-c2ccc(C[C@H](NC(=O)C3CCC(CN)CC3)C(=O)Nc3ccc(-c4nn[nH]n4)cc3)cc2)c(C)n1. The number of carbonyl (C=O) groups excluding carboxylic acids is 3. The molecule has 1 aliphatic carbocycles. The maximum Gasteiger partial charge on any atom is 0.356 e. The van der Waals surface area contributed by atoms with E-state index in [1.165, 1.54) is 0 Å². The van der Waals surface area contributed by atoms with Crippen LogP contribution in [0.5, 0.6) is 0 Å². The van der Waals surface area contributed by atoms with E-state index >= 15 is 0 Å². The molecule has 0 saturated heterocycles. The summed E-state index contributed by atoms with van der Waals surface area (Å²) < 4.78 is 5.06. The second-order valence-electron chi connectivity index (χ2n) is 11.3. The molecule has 1 atom stereocenters. The first-order valence-electron chi connectivity index (χ1n) is 15.2. The van der Waals surface area contributed by atoms with E-state index in [4.69, 9.17) is 10.5 Å². The number of nitrogens with zero attached hydrogens (tertiary/aromatic N) is 4. The Bertz CT molecular complexity index is 1600. The molecule has 12 heteroatoms. The molecule has 45 heavy (non-hydrogen) atoms. The van der Waals surface area contributed by atoms with Crippen LogP contribution in [0.3, 0.4) is 0 Å². The topological polar surface area (TPSA) is 178 Å². The minimum absolute atomic E-state index is 0.113. The van der Waals surface area contributed by atoms with Gasteiger partial charge < -0.3 is 21.1 Å². The summed E-state index contributed by atoms with van der Waals surface area (Å²) in [4.78, 5) is 43.4. The largest absolute Gasteiger partial charge is 0.461 e. The third kappa shape index (κ3) is 7.95. The molecule has 2 heterocycles. The molecule has 2 aromatic carbocycles. The number of anilines is 1. The molecule has 5 rings (SSSR count). The van der Waals surface area contributed by atoms with Crippen molar-refractivity contribution in [2.24, 2.45) is 17.6 Å². The van der Waals surface area contributed by atoms with Crippen LogP contribution in [0.4, 0.5) is 5.69 Å². The van der Waals surface area contributed by atoms with Crippen molar-refractivity contribution in [1.29, 1.82) is 0 Å². The molecular weight excluding hydrogens is 572 g/mol. The molecule has 2 aromatic heterocycles. The fourth-order valence-electron chi connectivity index (χ4n) is 5.62. The molecule has 4 aromatic rings. The number of hydrogen-bond acceptors (Lipinski definition) is 9. The summed E-state index contributed by atoms with van der Waals surface area (Å²) in [5, 5.41) is 19.9. The van der Waals surface area contributed by atoms with Crippen molar-refractivity contribution in [1.82, 2.24) is 30.9 Å². The average Bonchev–Trinajstić information content (AvgIpc) is 3.60. The highest BCUT2D eigenvalue weighted by molar-refractivity contribution is 5.97. The van der Waals surface area contributed by atoms with Gasteiger partial charge in [0.1, 0.15) is 11.7 Å². The number of carbonyl (C=O) groups is 3. The number of nitrogens with two attached hydrogens (primary N) is 1. The van der Waals surface area contributed by atoms with Gasteiger partial charge >= 0.3 is 5.97 Å². The average molecular weight is 611 g/mol. The predicted molar refractivity (Wildman–Crippen MR) is 169 cm³/mol. The van der Waals surface area contributed by atoms with E-state index in [9.17, 15) is 14.4 Å². The van der Waals surface area contributed by atoms with E-state index in [0.717, 1.165) is 47.9 Å². The standard InChI is InChI=1S/C33H38N8O4/c1-3-45-33(44)28-17-16-27(20(2)35-28)23-8-4-21(5-9-23)18-29(37-31(42)25-10-6-22(19-34)7-11-25)32(43)36-26-14-12-24(13-15-26)30-38-40-41-39-30/h4-5,8-9,12-17,22,25,29H,3,6-7,10-11,18-19,34H2,1-2H3,(H,36,43)(H,37,42)(H,38,39,40,41)/t22?,25?,29-/m0/s1. The molecule has 12 nitrogen and oxygen atoms in total. The van der Waals surface area contributed by atoms with Gasteiger partial charge in [0.2, 0.25) is 17.6 Å². The molecule has 0 spiro atoms. The minimum Gasteiger partial charge on any atom is -0.461 e. The highest BCUT2D eigenvalue weighted by atomic mass is 16.5. The Balaban J connectivity index is 1.30. The van der Waals surface area contributed by atoms with Crippen LogP contribution in [0.1, 0.15) is 54.4 Å². The number of benzene rings is 2. The van der Waals surface area contributed by atoms with Crippen molar-refractivity contribution in [3.8, 4) is 22.5 Å². The Morgan fingerprint density at radius 1 is 0.978 bits per heavy atom. The van der Waals surface area contributed by atoms with Crippen LogP contribution in [-0.2, 0) is 20.7 Å². The fraction of sp³-hybridized carbons (Fsp3) is 0.364. The summed E-state index contributed by atoms with van der Waals surface area (Å²) >= 11 is 0. The zero-order valence-electron chi connectivity index (χ0n) is 25.5. The van der Waals surface area contributed by atoms with Crippen LogP contribution >= 0.6 is 0 Å². The Kier molecular flexibility index (Phi) is 10.3. The first-order chi connectivity index (χ1) is 21.8. The smallest absolute Gasteiger partial charge is 0.356 e. The lowest BCUT2D eigenvalue weighted by molar-refractivity contribution is -0.130. The van der Waals surface area contributed by atoms with Crippen LogP contribution in [0.25, 0.3) is 22.5 Å². The number of aromatic amines is 1. The van der Waals surface area contributed by atoms with Crippen molar-refractivity contribution in [3.05, 3.63) is 77.6 Å². The lowest BCUT2D eigenvalue weighted by atomic mass is 9.81. The van der Waals surface area contributed by atoms with Gasteiger partial charge in [-0.2, -0.15) is 5.21 Å². The quantitative estimate of drug-likeness (QED) is 0.184. The van der Waals surface area contributed by atoms with Gasteiger partial charge in [0.05, 0.1) is 6.61 Å². The number of aromatic nitrogens is 5. The summed E-state index contributed by atoms with van der Waals surface area (Å²) in [7, 11) is 0. The number of aryl methyl sites for hydroxylation is 1. The van der Waals surface area contributed by atoms with Crippen LogP contribution in [-0.4, -0.2) is 62.6 Å². The molecule has 0 aliphatic heterocycles. The van der Waals surface area contributed by atoms with Gasteiger partial charge in [-0.3, -0.25) is 9.59 Å². The van der Waals surface area contributed by atoms with Crippen LogP contribution in [0.2, 0.25) is 0 Å². The maximum absolute atomic E-state index is 13.6. The number of pyridine rings is 1. The molecule has 0 radical (unpaired) electrons. The summed E-state index contributed by atoms with van der Waals surface area (Å²) in [6.45, 7) is 4.51. The van der Waals surface area contributed by atoms with Crippen molar-refractivity contribution in [2.45, 2.75) is 52.0 Å². The minimum atomic E-state index is -0.792. The van der Waals surface area contributed by atoms with Gasteiger partial charge in [-0.25, -0.2) is 9.78 Å². The number of amides is 2. The Morgan fingerprint density at radius 2 is 1.69 bits per heavy atom. The van der Waals surface area contributed by atoms with Gasteiger partial charge in [0.25, 0.3) is 0 Å². The second kappa shape index (κ2) is 14.7. The number of esters is 1. The fourth-order valence-corrected chi connectivity index (χ4v) is 5.62. The molecule has 5 N–H and O–H groups in total. The molecule has 0 unspecified atom stereocenters. The predicted octanol–water partition coefficient (Wildman–Crippen LogP) is 3.84. The second-order valence-corrected chi connectivity index (χ2v) is 11.3. The molecule has 234 valence electrons. The van der Waals surface area contributed by atoms with Crippen molar-refractivity contribution in [3.63, 3.8) is 0 Å². The molecule has 0 bridgehead atoms.